The smallest absolute Gasteiger partial charge is 0.0261 e. The van der Waals surface area contributed by atoms with E-state index in [4.69, 9.17) is 0 Å². The summed E-state index contributed by atoms with van der Waals surface area (Å²) in [5, 5.41) is 4.33. The topological polar surface area (TPSA) is 20.6 Å². The van der Waals surface area contributed by atoms with E-state index in [1.807, 2.05) is 0 Å². The van der Waals surface area contributed by atoms with E-state index in [0.717, 1.165) is 32.7 Å². The minimum absolute atomic E-state index is 0.676. The first-order valence-electron chi connectivity index (χ1n) is 4.72. The van der Waals surface area contributed by atoms with Crippen molar-refractivity contribution < 1.29 is 0 Å². The van der Waals surface area contributed by atoms with Gasteiger partial charge < -0.3 is 4.90 Å². The fourth-order valence-electron chi connectivity index (χ4n) is 1.71. The average Bonchev–Trinajstić information content (AvgIpc) is 2.05. The van der Waals surface area contributed by atoms with Gasteiger partial charge in [-0.25, -0.2) is 5.32 Å². The van der Waals surface area contributed by atoms with Crippen LogP contribution in [0.2, 0.25) is 0 Å². The molecule has 0 bridgehead atoms. The molecule has 0 aromatic heterocycles. The van der Waals surface area contributed by atoms with Crippen LogP contribution in [-0.4, -0.2) is 62.7 Å². The van der Waals surface area contributed by atoms with Crippen LogP contribution in [0.15, 0.2) is 0 Å². The van der Waals surface area contributed by atoms with Crippen molar-refractivity contribution in [2.45, 2.75) is 13.0 Å². The molecule has 1 aliphatic heterocycles. The predicted octanol–water partition coefficient (Wildman–Crippen LogP) is -0.143. The molecule has 0 spiro atoms. The summed E-state index contributed by atoms with van der Waals surface area (Å²) < 4.78 is 0. The number of hydrogen-bond acceptors (Lipinski definition) is 2. The van der Waals surface area contributed by atoms with Gasteiger partial charge in [-0.05, 0) is 21.0 Å². The molecule has 0 aromatic rings. The van der Waals surface area contributed by atoms with Crippen LogP contribution in [0.3, 0.4) is 0 Å². The molecule has 1 aliphatic rings. The number of hydrogen-bond donors (Lipinski definition) is 0. The molecule has 1 atom stereocenters. The Kier molecular flexibility index (Phi) is 3.98. The van der Waals surface area contributed by atoms with Gasteiger partial charge in [0.15, 0.2) is 0 Å². The quantitative estimate of drug-likeness (QED) is 0.587. The predicted molar refractivity (Wildman–Crippen MR) is 51.5 cm³/mol. The minimum atomic E-state index is 0.676. The maximum absolute atomic E-state index is 4.33. The first kappa shape index (κ1) is 9.96. The Morgan fingerprint density at radius 2 is 1.92 bits per heavy atom. The second-order valence-electron chi connectivity index (χ2n) is 3.82. The van der Waals surface area contributed by atoms with Crippen molar-refractivity contribution in [3.05, 3.63) is 0 Å². The van der Waals surface area contributed by atoms with Gasteiger partial charge in [0.1, 0.15) is 0 Å². The largest absolute Gasteiger partial charge is 0.308 e. The summed E-state index contributed by atoms with van der Waals surface area (Å²) in [4.78, 5) is 4.77. The molecule has 1 fully saturated rings. The van der Waals surface area contributed by atoms with Crippen molar-refractivity contribution >= 4 is 0 Å². The fourth-order valence-corrected chi connectivity index (χ4v) is 1.71. The van der Waals surface area contributed by atoms with E-state index < -0.39 is 0 Å². The zero-order chi connectivity index (χ0) is 8.97. The molecule has 0 aliphatic carbocycles. The standard InChI is InChI=1S/C9H20N3/c1-9(8-11(2)3)12-6-4-10-5-7-12/h9H,4-8H2,1-3H3. The first-order chi connectivity index (χ1) is 5.70. The van der Waals surface area contributed by atoms with Gasteiger partial charge in [0.05, 0.1) is 0 Å². The van der Waals surface area contributed by atoms with Gasteiger partial charge in [-0.15, -0.1) is 0 Å². The lowest BCUT2D eigenvalue weighted by Crippen LogP contribution is -2.48. The fraction of sp³-hybridized carbons (Fsp3) is 1.00. The monoisotopic (exact) mass is 170 g/mol. The van der Waals surface area contributed by atoms with E-state index in [0.29, 0.717) is 6.04 Å². The molecule has 12 heavy (non-hydrogen) atoms. The second-order valence-corrected chi connectivity index (χ2v) is 3.82. The molecule has 71 valence electrons. The van der Waals surface area contributed by atoms with Crippen LogP contribution in [0.4, 0.5) is 0 Å². The second kappa shape index (κ2) is 4.80. The van der Waals surface area contributed by atoms with Crippen molar-refractivity contribution in [1.29, 1.82) is 0 Å². The molecule has 1 rings (SSSR count). The summed E-state index contributed by atoms with van der Waals surface area (Å²) >= 11 is 0. The van der Waals surface area contributed by atoms with Crippen LogP contribution < -0.4 is 5.32 Å². The summed E-state index contributed by atoms with van der Waals surface area (Å²) in [7, 11) is 4.26. The molecule has 0 aromatic carbocycles. The van der Waals surface area contributed by atoms with Gasteiger partial charge in [-0.1, -0.05) is 0 Å². The van der Waals surface area contributed by atoms with Crippen LogP contribution >= 0.6 is 0 Å². The average molecular weight is 170 g/mol. The lowest BCUT2D eigenvalue weighted by atomic mass is 10.2. The summed E-state index contributed by atoms with van der Waals surface area (Å²) in [6, 6.07) is 0.676. The minimum Gasteiger partial charge on any atom is -0.308 e. The van der Waals surface area contributed by atoms with Crippen LogP contribution in [0.5, 0.6) is 0 Å². The van der Waals surface area contributed by atoms with Crippen molar-refractivity contribution in [2.75, 3.05) is 46.8 Å². The van der Waals surface area contributed by atoms with Gasteiger partial charge in [0.2, 0.25) is 0 Å². The highest BCUT2D eigenvalue weighted by Crippen LogP contribution is 2.01. The Hall–Kier alpha value is -0.120. The molecule has 1 saturated heterocycles. The molecular formula is C9H20N3. The van der Waals surface area contributed by atoms with Gasteiger partial charge in [0.25, 0.3) is 0 Å². The summed E-state index contributed by atoms with van der Waals surface area (Å²) in [5.41, 5.74) is 0. The highest BCUT2D eigenvalue weighted by Gasteiger charge is 2.16. The zero-order valence-corrected chi connectivity index (χ0v) is 8.45. The third kappa shape index (κ3) is 3.09. The van der Waals surface area contributed by atoms with E-state index in [1.54, 1.807) is 0 Å². The Morgan fingerprint density at radius 3 is 2.42 bits per heavy atom. The maximum Gasteiger partial charge on any atom is 0.0261 e. The Labute approximate surface area is 75.7 Å². The van der Waals surface area contributed by atoms with Crippen LogP contribution in [0.1, 0.15) is 6.92 Å². The van der Waals surface area contributed by atoms with Crippen molar-refractivity contribution in [1.82, 2.24) is 15.1 Å². The van der Waals surface area contributed by atoms with Crippen LogP contribution in [0.25, 0.3) is 0 Å². The molecule has 0 N–H and O–H groups in total. The van der Waals surface area contributed by atoms with Crippen molar-refractivity contribution in [2.24, 2.45) is 0 Å². The molecule has 1 unspecified atom stereocenters. The summed E-state index contributed by atoms with van der Waals surface area (Å²) in [6.45, 7) is 7.80. The Morgan fingerprint density at radius 1 is 1.33 bits per heavy atom. The lowest BCUT2D eigenvalue weighted by molar-refractivity contribution is 0.154. The van der Waals surface area contributed by atoms with Crippen LogP contribution in [0, 0.1) is 0 Å². The maximum atomic E-state index is 4.33. The van der Waals surface area contributed by atoms with Gasteiger partial charge in [0, 0.05) is 38.8 Å². The Bertz CT molecular complexity index is 119. The highest BCUT2D eigenvalue weighted by molar-refractivity contribution is 4.74. The number of likely N-dealkylation sites (N-methyl/N-ethyl adjacent to an activating group) is 1. The molecule has 1 heterocycles. The normalized spacial score (nSPS) is 23.0. The van der Waals surface area contributed by atoms with Crippen molar-refractivity contribution in [3.8, 4) is 0 Å². The Balaban J connectivity index is 2.24. The number of nitrogens with zero attached hydrogens (tertiary/aromatic N) is 3. The number of piperazine rings is 1. The molecule has 3 heteroatoms. The first-order valence-corrected chi connectivity index (χ1v) is 4.72. The molecular weight excluding hydrogens is 150 g/mol. The van der Waals surface area contributed by atoms with E-state index in [9.17, 15) is 0 Å². The SMILES string of the molecule is CC(CN(C)C)N1CC[N]CC1. The van der Waals surface area contributed by atoms with E-state index in [2.05, 4.69) is 36.1 Å². The van der Waals surface area contributed by atoms with Crippen molar-refractivity contribution in [3.63, 3.8) is 0 Å². The van der Waals surface area contributed by atoms with E-state index in [1.165, 1.54) is 0 Å². The summed E-state index contributed by atoms with van der Waals surface area (Å²) in [5.74, 6) is 0. The molecule has 0 saturated carbocycles. The van der Waals surface area contributed by atoms with E-state index >= 15 is 0 Å². The third-order valence-electron chi connectivity index (χ3n) is 2.34. The molecule has 1 radical (unpaired) electrons. The highest BCUT2D eigenvalue weighted by atomic mass is 15.2. The molecule has 0 amide bonds. The van der Waals surface area contributed by atoms with Gasteiger partial charge in [-0.3, -0.25) is 4.90 Å². The summed E-state index contributed by atoms with van der Waals surface area (Å²) in [6.07, 6.45) is 0. The third-order valence-corrected chi connectivity index (χ3v) is 2.34. The van der Waals surface area contributed by atoms with E-state index in [-0.39, 0.29) is 0 Å². The van der Waals surface area contributed by atoms with Crippen LogP contribution in [-0.2, 0) is 0 Å². The van der Waals surface area contributed by atoms with Gasteiger partial charge in [-0.2, -0.15) is 0 Å². The lowest BCUT2D eigenvalue weighted by Gasteiger charge is -2.33. The zero-order valence-electron chi connectivity index (χ0n) is 8.45. The van der Waals surface area contributed by atoms with Gasteiger partial charge >= 0.3 is 0 Å². The molecule has 3 nitrogen and oxygen atoms in total. The number of rotatable bonds is 3.